The van der Waals surface area contributed by atoms with Crippen molar-refractivity contribution in [1.82, 2.24) is 0 Å². The van der Waals surface area contributed by atoms with Crippen molar-refractivity contribution in [3.8, 4) is 40.2 Å². The SMILES string of the molecule is COc1ccc(C=CC(=O)c2c(O)c(OC)c(OC)c(OC)c2OC)c(OC)c1. The predicted molar refractivity (Wildman–Crippen MR) is 107 cm³/mol. The van der Waals surface area contributed by atoms with Gasteiger partial charge in [0.15, 0.2) is 17.3 Å². The maximum atomic E-state index is 12.9. The number of phenolic OH excluding ortho intramolecular Hbond substituents is 1. The Morgan fingerprint density at radius 1 is 0.793 bits per heavy atom. The molecule has 2 aromatic carbocycles. The number of ether oxygens (including phenoxy) is 6. The number of carbonyl (C=O) groups excluding carboxylic acids is 1. The maximum Gasteiger partial charge on any atom is 0.211 e. The molecule has 0 aliphatic carbocycles. The Morgan fingerprint density at radius 2 is 1.38 bits per heavy atom. The summed E-state index contributed by atoms with van der Waals surface area (Å²) in [6, 6.07) is 5.18. The zero-order valence-electron chi connectivity index (χ0n) is 17.2. The van der Waals surface area contributed by atoms with E-state index >= 15 is 0 Å². The third-order valence-corrected chi connectivity index (χ3v) is 4.22. The second-order valence-corrected chi connectivity index (χ2v) is 5.66. The molecule has 0 amide bonds. The molecule has 8 heteroatoms. The third kappa shape index (κ3) is 4.16. The molecular formula is C21H24O8. The molecule has 0 unspecified atom stereocenters. The summed E-state index contributed by atoms with van der Waals surface area (Å²) in [5, 5.41) is 10.6. The molecule has 156 valence electrons. The van der Waals surface area contributed by atoms with Gasteiger partial charge in [-0.3, -0.25) is 4.79 Å². The van der Waals surface area contributed by atoms with Gasteiger partial charge in [0.05, 0.1) is 42.7 Å². The second kappa shape index (κ2) is 9.59. The number of rotatable bonds is 9. The standard InChI is InChI=1S/C21H24O8/c1-24-13-9-7-12(15(11-13)25-2)8-10-14(22)16-17(23)19(27-4)21(29-6)20(28-5)18(16)26-3/h7-11,23H,1-6H3. The summed E-state index contributed by atoms with van der Waals surface area (Å²) in [6.07, 6.45) is 2.84. The summed E-state index contributed by atoms with van der Waals surface area (Å²) in [6.45, 7) is 0. The Balaban J connectivity index is 2.57. The van der Waals surface area contributed by atoms with Crippen molar-refractivity contribution in [2.45, 2.75) is 0 Å². The van der Waals surface area contributed by atoms with E-state index in [9.17, 15) is 9.90 Å². The van der Waals surface area contributed by atoms with Crippen molar-refractivity contribution in [2.24, 2.45) is 0 Å². The highest BCUT2D eigenvalue weighted by Gasteiger charge is 2.30. The summed E-state index contributed by atoms with van der Waals surface area (Å²) in [5.41, 5.74) is 0.526. The van der Waals surface area contributed by atoms with Gasteiger partial charge in [-0.1, -0.05) is 0 Å². The second-order valence-electron chi connectivity index (χ2n) is 5.66. The summed E-state index contributed by atoms with van der Waals surface area (Å²) >= 11 is 0. The molecule has 2 rings (SSSR count). The minimum atomic E-state index is -0.531. The van der Waals surface area contributed by atoms with Gasteiger partial charge in [-0.05, 0) is 24.3 Å². The lowest BCUT2D eigenvalue weighted by atomic mass is 10.0. The summed E-state index contributed by atoms with van der Waals surface area (Å²) in [4.78, 5) is 12.9. The van der Waals surface area contributed by atoms with E-state index in [1.807, 2.05) is 0 Å². The zero-order valence-corrected chi connectivity index (χ0v) is 17.2. The van der Waals surface area contributed by atoms with Crippen molar-refractivity contribution in [3.05, 3.63) is 35.4 Å². The summed E-state index contributed by atoms with van der Waals surface area (Å²) in [7, 11) is 8.54. The van der Waals surface area contributed by atoms with Crippen molar-refractivity contribution < 1.29 is 38.3 Å². The van der Waals surface area contributed by atoms with Crippen LogP contribution in [-0.4, -0.2) is 53.5 Å². The van der Waals surface area contributed by atoms with Crippen LogP contribution in [0.4, 0.5) is 0 Å². The van der Waals surface area contributed by atoms with Crippen LogP contribution in [0.5, 0.6) is 40.2 Å². The molecule has 0 atom stereocenters. The largest absolute Gasteiger partial charge is 0.504 e. The van der Waals surface area contributed by atoms with Gasteiger partial charge in [0, 0.05) is 11.6 Å². The number of ketones is 1. The molecular weight excluding hydrogens is 380 g/mol. The van der Waals surface area contributed by atoms with Gasteiger partial charge >= 0.3 is 0 Å². The van der Waals surface area contributed by atoms with E-state index in [4.69, 9.17) is 28.4 Å². The molecule has 0 aromatic heterocycles. The van der Waals surface area contributed by atoms with Crippen LogP contribution in [-0.2, 0) is 0 Å². The fraction of sp³-hybridized carbons (Fsp3) is 0.286. The number of benzene rings is 2. The van der Waals surface area contributed by atoms with Gasteiger partial charge < -0.3 is 33.5 Å². The average Bonchev–Trinajstić information content (AvgIpc) is 2.75. The molecule has 0 saturated heterocycles. The van der Waals surface area contributed by atoms with Crippen LogP contribution in [0.2, 0.25) is 0 Å². The molecule has 0 radical (unpaired) electrons. The van der Waals surface area contributed by atoms with Crippen molar-refractivity contribution in [2.75, 3.05) is 42.7 Å². The van der Waals surface area contributed by atoms with Gasteiger partial charge in [0.1, 0.15) is 17.1 Å². The number of hydrogen-bond donors (Lipinski definition) is 1. The maximum absolute atomic E-state index is 12.9. The first-order valence-electron chi connectivity index (χ1n) is 8.50. The minimum absolute atomic E-state index is 0.0268. The Hall–Kier alpha value is -3.55. The van der Waals surface area contributed by atoms with Crippen LogP contribution in [0.15, 0.2) is 24.3 Å². The topological polar surface area (TPSA) is 92.7 Å². The van der Waals surface area contributed by atoms with Crippen LogP contribution in [0.25, 0.3) is 6.08 Å². The average molecular weight is 404 g/mol. The number of hydrogen-bond acceptors (Lipinski definition) is 8. The minimum Gasteiger partial charge on any atom is -0.504 e. The van der Waals surface area contributed by atoms with Gasteiger partial charge in [0.25, 0.3) is 0 Å². The molecule has 0 fully saturated rings. The molecule has 29 heavy (non-hydrogen) atoms. The lowest BCUT2D eigenvalue weighted by Gasteiger charge is -2.19. The molecule has 1 N–H and O–H groups in total. The molecule has 0 heterocycles. The quantitative estimate of drug-likeness (QED) is 0.503. The van der Waals surface area contributed by atoms with Crippen LogP contribution in [0.1, 0.15) is 15.9 Å². The molecule has 0 spiro atoms. The predicted octanol–water partition coefficient (Wildman–Crippen LogP) is 3.34. The van der Waals surface area contributed by atoms with Gasteiger partial charge in [-0.15, -0.1) is 0 Å². The van der Waals surface area contributed by atoms with Gasteiger partial charge in [-0.25, -0.2) is 0 Å². The lowest BCUT2D eigenvalue weighted by molar-refractivity contribution is 0.104. The number of aromatic hydroxyl groups is 1. The number of carbonyl (C=O) groups is 1. The van der Waals surface area contributed by atoms with Crippen LogP contribution in [0.3, 0.4) is 0 Å². The lowest BCUT2D eigenvalue weighted by Crippen LogP contribution is -2.06. The number of phenols is 1. The molecule has 2 aromatic rings. The van der Waals surface area contributed by atoms with Crippen LogP contribution < -0.4 is 28.4 Å². The van der Waals surface area contributed by atoms with Gasteiger partial charge in [-0.2, -0.15) is 0 Å². The van der Waals surface area contributed by atoms with E-state index in [0.717, 1.165) is 0 Å². The van der Waals surface area contributed by atoms with Crippen LogP contribution >= 0.6 is 0 Å². The monoisotopic (exact) mass is 404 g/mol. The summed E-state index contributed by atoms with van der Waals surface area (Å²) < 4.78 is 31.6. The highest BCUT2D eigenvalue weighted by Crippen LogP contribution is 2.53. The Kier molecular flexibility index (Phi) is 7.19. The van der Waals surface area contributed by atoms with E-state index in [1.165, 1.54) is 41.6 Å². The smallest absolute Gasteiger partial charge is 0.211 e. The third-order valence-electron chi connectivity index (χ3n) is 4.22. The Bertz CT molecular complexity index is 918. The zero-order chi connectivity index (χ0) is 21.6. The molecule has 0 aliphatic heterocycles. The van der Waals surface area contributed by atoms with Crippen molar-refractivity contribution >= 4 is 11.9 Å². The van der Waals surface area contributed by atoms with Crippen molar-refractivity contribution in [1.29, 1.82) is 0 Å². The first-order chi connectivity index (χ1) is 14.0. The fourth-order valence-electron chi connectivity index (χ4n) is 2.84. The molecule has 0 aliphatic rings. The molecule has 0 saturated carbocycles. The van der Waals surface area contributed by atoms with E-state index in [2.05, 4.69) is 0 Å². The van der Waals surface area contributed by atoms with E-state index in [-0.39, 0.29) is 28.6 Å². The Morgan fingerprint density at radius 3 is 1.90 bits per heavy atom. The summed E-state index contributed by atoms with van der Waals surface area (Å²) in [5.74, 6) is 0.423. The van der Waals surface area contributed by atoms with E-state index < -0.39 is 11.5 Å². The highest BCUT2D eigenvalue weighted by molar-refractivity contribution is 6.12. The van der Waals surface area contributed by atoms with Gasteiger partial charge in [0.2, 0.25) is 17.2 Å². The Labute approximate surface area is 169 Å². The van der Waals surface area contributed by atoms with Crippen molar-refractivity contribution in [3.63, 3.8) is 0 Å². The van der Waals surface area contributed by atoms with E-state index in [1.54, 1.807) is 31.4 Å². The highest BCUT2D eigenvalue weighted by atomic mass is 16.5. The fourth-order valence-corrected chi connectivity index (χ4v) is 2.84. The number of methoxy groups -OCH3 is 6. The van der Waals surface area contributed by atoms with Crippen LogP contribution in [0, 0.1) is 0 Å². The van der Waals surface area contributed by atoms with E-state index in [0.29, 0.717) is 17.1 Å². The first kappa shape index (κ1) is 21.7. The molecule has 0 bridgehead atoms. The normalized spacial score (nSPS) is 10.6. The number of allylic oxidation sites excluding steroid dienone is 1. The first-order valence-corrected chi connectivity index (χ1v) is 8.50. The molecule has 8 nitrogen and oxygen atoms in total.